The van der Waals surface area contributed by atoms with E-state index in [-0.39, 0.29) is 0 Å². The van der Waals surface area contributed by atoms with Crippen LogP contribution in [-0.2, 0) is 4.74 Å². The standard InChI is InChI=1S/C20H28OS/c1-13(14-8-6-5-7-9-14)22-17-12-15-16-10-11-20(4,18(15)21-17)19(16,2)3/h5-9,13,15-18H,10-12H2,1-4H3/t13-,15-,16-,17+,18-,20+/m1/s1. The van der Waals surface area contributed by atoms with Crippen molar-refractivity contribution in [2.24, 2.45) is 22.7 Å². The molecule has 3 aliphatic rings. The van der Waals surface area contributed by atoms with Gasteiger partial charge in [0.1, 0.15) is 5.44 Å². The van der Waals surface area contributed by atoms with Gasteiger partial charge >= 0.3 is 0 Å². The number of fused-ring (bicyclic) bond motifs is 5. The summed E-state index contributed by atoms with van der Waals surface area (Å²) in [5.41, 5.74) is 2.67. The van der Waals surface area contributed by atoms with Crippen molar-refractivity contribution < 1.29 is 4.74 Å². The summed E-state index contributed by atoms with van der Waals surface area (Å²) in [7, 11) is 0. The van der Waals surface area contributed by atoms with Crippen LogP contribution in [0.2, 0.25) is 0 Å². The molecule has 4 rings (SSSR count). The Balaban J connectivity index is 1.47. The lowest BCUT2D eigenvalue weighted by Crippen LogP contribution is -2.37. The van der Waals surface area contributed by atoms with Gasteiger partial charge in [0.25, 0.3) is 0 Å². The molecule has 2 heteroatoms. The minimum atomic E-state index is 0.390. The molecule has 1 aromatic rings. The molecule has 0 spiro atoms. The molecule has 6 atom stereocenters. The molecule has 2 bridgehead atoms. The SMILES string of the molecule is C[C@@H](S[C@H]1C[C@@H]2[C@H]3CC[C@@](C)([C@@H]2O1)C3(C)C)c1ccccc1. The molecular formula is C20H28OS. The Morgan fingerprint density at radius 3 is 2.59 bits per heavy atom. The molecule has 0 aromatic heterocycles. The molecule has 120 valence electrons. The van der Waals surface area contributed by atoms with Crippen molar-refractivity contribution in [2.45, 2.75) is 63.7 Å². The van der Waals surface area contributed by atoms with Crippen molar-refractivity contribution >= 4 is 11.8 Å². The van der Waals surface area contributed by atoms with Crippen LogP contribution in [0.4, 0.5) is 0 Å². The van der Waals surface area contributed by atoms with Gasteiger partial charge in [0.15, 0.2) is 0 Å². The Hall–Kier alpha value is -0.470. The maximum Gasteiger partial charge on any atom is 0.104 e. The summed E-state index contributed by atoms with van der Waals surface area (Å²) in [5, 5.41) is 0.517. The van der Waals surface area contributed by atoms with Gasteiger partial charge in [-0.25, -0.2) is 0 Å². The monoisotopic (exact) mass is 316 g/mol. The Bertz CT molecular complexity index is 554. The lowest BCUT2D eigenvalue weighted by atomic mass is 9.70. The highest BCUT2D eigenvalue weighted by Crippen LogP contribution is 2.71. The number of ether oxygens (including phenoxy) is 1. The zero-order chi connectivity index (χ0) is 15.5. The zero-order valence-electron chi connectivity index (χ0n) is 14.2. The number of hydrogen-bond acceptors (Lipinski definition) is 2. The van der Waals surface area contributed by atoms with Gasteiger partial charge in [-0.2, -0.15) is 0 Å². The molecule has 0 radical (unpaired) electrons. The van der Waals surface area contributed by atoms with Gasteiger partial charge in [-0.1, -0.05) is 51.1 Å². The Labute approximate surface area is 139 Å². The molecule has 2 aliphatic carbocycles. The van der Waals surface area contributed by atoms with Crippen molar-refractivity contribution in [3.05, 3.63) is 35.9 Å². The Morgan fingerprint density at radius 1 is 1.18 bits per heavy atom. The first-order valence-electron chi connectivity index (χ1n) is 8.79. The summed E-state index contributed by atoms with van der Waals surface area (Å²) < 4.78 is 6.61. The van der Waals surface area contributed by atoms with Crippen LogP contribution in [0.5, 0.6) is 0 Å². The average Bonchev–Trinajstić information content (AvgIpc) is 3.05. The van der Waals surface area contributed by atoms with Crippen LogP contribution >= 0.6 is 11.8 Å². The summed E-state index contributed by atoms with van der Waals surface area (Å²) in [6.07, 6.45) is 4.54. The highest BCUT2D eigenvalue weighted by molar-refractivity contribution is 8.00. The van der Waals surface area contributed by atoms with E-state index in [1.165, 1.54) is 24.8 Å². The topological polar surface area (TPSA) is 9.23 Å². The molecule has 0 unspecified atom stereocenters. The number of thioether (sulfide) groups is 1. The third kappa shape index (κ3) is 1.96. The van der Waals surface area contributed by atoms with Crippen LogP contribution < -0.4 is 0 Å². The van der Waals surface area contributed by atoms with E-state index in [0.717, 1.165) is 11.8 Å². The van der Waals surface area contributed by atoms with Crippen LogP contribution in [0.15, 0.2) is 30.3 Å². The fourth-order valence-corrected chi connectivity index (χ4v) is 6.89. The predicted octanol–water partition coefficient (Wildman–Crippen LogP) is 5.67. The highest BCUT2D eigenvalue weighted by atomic mass is 32.2. The number of benzene rings is 1. The fourth-order valence-electron chi connectivity index (χ4n) is 5.60. The van der Waals surface area contributed by atoms with Gasteiger partial charge in [-0.15, -0.1) is 11.8 Å². The molecule has 1 saturated heterocycles. The van der Waals surface area contributed by atoms with E-state index in [2.05, 4.69) is 58.0 Å². The van der Waals surface area contributed by atoms with Crippen molar-refractivity contribution in [3.8, 4) is 0 Å². The van der Waals surface area contributed by atoms with Crippen LogP contribution in [0.3, 0.4) is 0 Å². The summed E-state index contributed by atoms with van der Waals surface area (Å²) in [6.45, 7) is 9.78. The van der Waals surface area contributed by atoms with E-state index in [9.17, 15) is 0 Å². The second kappa shape index (κ2) is 5.01. The van der Waals surface area contributed by atoms with Crippen molar-refractivity contribution in [1.82, 2.24) is 0 Å². The third-order valence-corrected chi connectivity index (χ3v) is 8.58. The molecule has 2 saturated carbocycles. The van der Waals surface area contributed by atoms with Crippen molar-refractivity contribution in [1.29, 1.82) is 0 Å². The number of hydrogen-bond donors (Lipinski definition) is 0. The minimum absolute atomic E-state index is 0.390. The first-order valence-corrected chi connectivity index (χ1v) is 9.73. The maximum atomic E-state index is 6.61. The van der Waals surface area contributed by atoms with Gasteiger partial charge in [0.2, 0.25) is 0 Å². The molecule has 1 heterocycles. The first kappa shape index (κ1) is 15.1. The quantitative estimate of drug-likeness (QED) is 0.710. The van der Waals surface area contributed by atoms with Gasteiger partial charge in [0.05, 0.1) is 6.10 Å². The lowest BCUT2D eigenvalue weighted by Gasteiger charge is -2.38. The molecule has 1 nitrogen and oxygen atoms in total. The smallest absolute Gasteiger partial charge is 0.104 e. The van der Waals surface area contributed by atoms with E-state index >= 15 is 0 Å². The predicted molar refractivity (Wildman–Crippen MR) is 93.8 cm³/mol. The molecule has 0 N–H and O–H groups in total. The van der Waals surface area contributed by atoms with Gasteiger partial charge in [-0.05, 0) is 54.4 Å². The summed E-state index contributed by atoms with van der Waals surface area (Å²) in [4.78, 5) is 0. The van der Waals surface area contributed by atoms with Crippen LogP contribution in [-0.4, -0.2) is 11.5 Å². The first-order chi connectivity index (χ1) is 10.4. The van der Waals surface area contributed by atoms with Crippen molar-refractivity contribution in [3.63, 3.8) is 0 Å². The maximum absolute atomic E-state index is 6.61. The third-order valence-electron chi connectivity index (χ3n) is 7.30. The van der Waals surface area contributed by atoms with Gasteiger partial charge < -0.3 is 4.74 Å². The molecular weight excluding hydrogens is 288 g/mol. The Kier molecular flexibility index (Phi) is 3.44. The average molecular weight is 317 g/mol. The van der Waals surface area contributed by atoms with E-state index in [4.69, 9.17) is 4.74 Å². The lowest BCUT2D eigenvalue weighted by molar-refractivity contribution is -0.0318. The summed E-state index contributed by atoms with van der Waals surface area (Å²) in [6, 6.07) is 10.8. The molecule has 1 aromatic carbocycles. The molecule has 1 aliphatic heterocycles. The number of rotatable bonds is 3. The van der Waals surface area contributed by atoms with Gasteiger partial charge in [-0.3, -0.25) is 0 Å². The second-order valence-corrected chi connectivity index (χ2v) is 9.86. The highest BCUT2D eigenvalue weighted by Gasteiger charge is 2.68. The fraction of sp³-hybridized carbons (Fsp3) is 0.700. The summed E-state index contributed by atoms with van der Waals surface area (Å²) >= 11 is 2.03. The molecule has 3 fully saturated rings. The normalized spacial score (nSPS) is 43.3. The largest absolute Gasteiger partial charge is 0.363 e. The van der Waals surface area contributed by atoms with E-state index < -0.39 is 0 Å². The van der Waals surface area contributed by atoms with E-state index in [1.54, 1.807) is 0 Å². The zero-order valence-corrected chi connectivity index (χ0v) is 15.0. The van der Waals surface area contributed by atoms with Crippen LogP contribution in [0.1, 0.15) is 57.8 Å². The van der Waals surface area contributed by atoms with E-state index in [1.807, 2.05) is 11.8 Å². The Morgan fingerprint density at radius 2 is 1.91 bits per heavy atom. The van der Waals surface area contributed by atoms with Crippen molar-refractivity contribution in [2.75, 3.05) is 0 Å². The molecule has 0 amide bonds. The van der Waals surface area contributed by atoms with Crippen LogP contribution in [0, 0.1) is 22.7 Å². The second-order valence-electron chi connectivity index (χ2n) is 8.36. The van der Waals surface area contributed by atoms with E-state index in [0.29, 0.717) is 27.6 Å². The minimum Gasteiger partial charge on any atom is -0.363 e. The van der Waals surface area contributed by atoms with Crippen LogP contribution in [0.25, 0.3) is 0 Å². The molecule has 22 heavy (non-hydrogen) atoms. The van der Waals surface area contributed by atoms with Gasteiger partial charge in [0, 0.05) is 5.25 Å². The summed E-state index contributed by atoms with van der Waals surface area (Å²) in [5.74, 6) is 1.68.